The predicted molar refractivity (Wildman–Crippen MR) is 90.4 cm³/mol. The third-order valence-corrected chi connectivity index (χ3v) is 5.14. The average Bonchev–Trinajstić information content (AvgIpc) is 2.56. The van der Waals surface area contributed by atoms with Gasteiger partial charge in [-0.05, 0) is 42.0 Å². The monoisotopic (exact) mass is 279 g/mol. The van der Waals surface area contributed by atoms with E-state index >= 15 is 0 Å². The Morgan fingerprint density at radius 3 is 2.33 bits per heavy atom. The lowest BCUT2D eigenvalue weighted by Gasteiger charge is -2.37. The quantitative estimate of drug-likeness (QED) is 0.856. The molecule has 2 aromatic carbocycles. The highest BCUT2D eigenvalue weighted by Gasteiger charge is 2.32. The van der Waals surface area contributed by atoms with Gasteiger partial charge in [-0.2, -0.15) is 0 Å². The Kier molecular flexibility index (Phi) is 4.12. The van der Waals surface area contributed by atoms with Crippen LogP contribution >= 0.6 is 0 Å². The highest BCUT2D eigenvalue weighted by atomic mass is 14.6. The highest BCUT2D eigenvalue weighted by molar-refractivity contribution is 5.68. The minimum Gasteiger partial charge on any atom is -0.330 e. The Labute approximate surface area is 128 Å². The standard InChI is InChI=1S/C20H25N/c1-16-10-11-18(20(15-21)12-6-3-7-13-20)14-19(16)17-8-4-2-5-9-17/h2,4-5,8-11,14H,3,6-7,12-13,15,21H2,1H3. The molecule has 0 radical (unpaired) electrons. The molecule has 1 nitrogen and oxygen atoms in total. The van der Waals surface area contributed by atoms with Crippen molar-refractivity contribution in [3.8, 4) is 11.1 Å². The molecule has 2 N–H and O–H groups in total. The molecule has 1 fully saturated rings. The highest BCUT2D eigenvalue weighted by Crippen LogP contribution is 2.40. The summed E-state index contributed by atoms with van der Waals surface area (Å²) in [7, 11) is 0. The SMILES string of the molecule is Cc1ccc(C2(CN)CCCCC2)cc1-c1ccccc1. The lowest BCUT2D eigenvalue weighted by molar-refractivity contribution is 0.301. The Hall–Kier alpha value is -1.60. The van der Waals surface area contributed by atoms with Gasteiger partial charge in [-0.25, -0.2) is 0 Å². The van der Waals surface area contributed by atoms with Crippen LogP contribution < -0.4 is 5.73 Å². The van der Waals surface area contributed by atoms with Gasteiger partial charge in [0.25, 0.3) is 0 Å². The van der Waals surface area contributed by atoms with E-state index in [1.165, 1.54) is 54.4 Å². The van der Waals surface area contributed by atoms with Crippen LogP contribution in [0, 0.1) is 6.92 Å². The van der Waals surface area contributed by atoms with Gasteiger partial charge < -0.3 is 5.73 Å². The Morgan fingerprint density at radius 2 is 1.67 bits per heavy atom. The van der Waals surface area contributed by atoms with Gasteiger partial charge in [0.1, 0.15) is 0 Å². The molecule has 1 aliphatic carbocycles. The number of hydrogen-bond donors (Lipinski definition) is 1. The molecule has 0 aromatic heterocycles. The average molecular weight is 279 g/mol. The van der Waals surface area contributed by atoms with Gasteiger partial charge in [0.2, 0.25) is 0 Å². The van der Waals surface area contributed by atoms with Crippen molar-refractivity contribution in [3.05, 3.63) is 59.7 Å². The van der Waals surface area contributed by atoms with Crippen LogP contribution in [0.4, 0.5) is 0 Å². The fraction of sp³-hybridized carbons (Fsp3) is 0.400. The molecule has 0 atom stereocenters. The van der Waals surface area contributed by atoms with Crippen molar-refractivity contribution < 1.29 is 0 Å². The fourth-order valence-corrected chi connectivity index (χ4v) is 3.72. The summed E-state index contributed by atoms with van der Waals surface area (Å²) in [5.41, 5.74) is 11.8. The number of hydrogen-bond acceptors (Lipinski definition) is 1. The summed E-state index contributed by atoms with van der Waals surface area (Å²) in [5, 5.41) is 0. The molecule has 1 heteroatoms. The van der Waals surface area contributed by atoms with Gasteiger partial charge in [0, 0.05) is 12.0 Å². The van der Waals surface area contributed by atoms with E-state index in [2.05, 4.69) is 55.5 Å². The molecule has 0 spiro atoms. The first-order valence-electron chi connectivity index (χ1n) is 8.12. The molecule has 110 valence electrons. The van der Waals surface area contributed by atoms with Gasteiger partial charge in [0.05, 0.1) is 0 Å². The number of aryl methyl sites for hydroxylation is 1. The largest absolute Gasteiger partial charge is 0.330 e. The fourth-order valence-electron chi connectivity index (χ4n) is 3.72. The zero-order valence-corrected chi connectivity index (χ0v) is 12.9. The van der Waals surface area contributed by atoms with Crippen molar-refractivity contribution >= 4 is 0 Å². The molecule has 0 bridgehead atoms. The van der Waals surface area contributed by atoms with E-state index in [0.717, 1.165) is 6.54 Å². The molecule has 1 saturated carbocycles. The van der Waals surface area contributed by atoms with Crippen LogP contribution in [0.15, 0.2) is 48.5 Å². The molecule has 0 heterocycles. The first-order chi connectivity index (χ1) is 10.2. The van der Waals surface area contributed by atoms with E-state index in [0.29, 0.717) is 0 Å². The molecule has 21 heavy (non-hydrogen) atoms. The molecular formula is C20H25N. The van der Waals surface area contributed by atoms with Crippen LogP contribution in [0.25, 0.3) is 11.1 Å². The molecule has 0 unspecified atom stereocenters. The van der Waals surface area contributed by atoms with E-state index in [-0.39, 0.29) is 5.41 Å². The summed E-state index contributed by atoms with van der Waals surface area (Å²) in [6, 6.07) is 17.7. The predicted octanol–water partition coefficient (Wildman–Crippen LogP) is 4.82. The molecule has 0 aliphatic heterocycles. The van der Waals surface area contributed by atoms with Crippen molar-refractivity contribution in [2.75, 3.05) is 6.54 Å². The van der Waals surface area contributed by atoms with Crippen LogP contribution in [-0.4, -0.2) is 6.54 Å². The summed E-state index contributed by atoms with van der Waals surface area (Å²) in [4.78, 5) is 0. The van der Waals surface area contributed by atoms with Gasteiger partial charge in [-0.15, -0.1) is 0 Å². The van der Waals surface area contributed by atoms with Crippen molar-refractivity contribution in [2.24, 2.45) is 5.73 Å². The van der Waals surface area contributed by atoms with E-state index < -0.39 is 0 Å². The van der Waals surface area contributed by atoms with Gasteiger partial charge in [-0.1, -0.05) is 67.8 Å². The lowest BCUT2D eigenvalue weighted by atomic mass is 9.69. The topological polar surface area (TPSA) is 26.0 Å². The second-order valence-electron chi connectivity index (χ2n) is 6.44. The van der Waals surface area contributed by atoms with Gasteiger partial charge in [0.15, 0.2) is 0 Å². The zero-order chi connectivity index (χ0) is 14.7. The summed E-state index contributed by atoms with van der Waals surface area (Å²) in [5.74, 6) is 0. The number of nitrogens with two attached hydrogens (primary N) is 1. The van der Waals surface area contributed by atoms with Gasteiger partial charge in [-0.3, -0.25) is 0 Å². The summed E-state index contributed by atoms with van der Waals surface area (Å²) in [6.07, 6.45) is 6.46. The third kappa shape index (κ3) is 2.75. The molecule has 0 amide bonds. The van der Waals surface area contributed by atoms with Crippen molar-refractivity contribution in [3.63, 3.8) is 0 Å². The minimum absolute atomic E-state index is 0.204. The van der Waals surface area contributed by atoms with E-state index in [1.807, 2.05) is 0 Å². The maximum atomic E-state index is 6.20. The van der Waals surface area contributed by atoms with Gasteiger partial charge >= 0.3 is 0 Å². The smallest absolute Gasteiger partial charge is 0.00757 e. The van der Waals surface area contributed by atoms with Crippen molar-refractivity contribution in [2.45, 2.75) is 44.4 Å². The Bertz CT molecular complexity index is 594. The summed E-state index contributed by atoms with van der Waals surface area (Å²) in [6.45, 7) is 2.96. The summed E-state index contributed by atoms with van der Waals surface area (Å²) < 4.78 is 0. The zero-order valence-electron chi connectivity index (χ0n) is 12.9. The van der Waals surface area contributed by atoms with E-state index in [9.17, 15) is 0 Å². The lowest BCUT2D eigenvalue weighted by Crippen LogP contribution is -2.37. The van der Waals surface area contributed by atoms with E-state index in [4.69, 9.17) is 5.73 Å². The Balaban J connectivity index is 2.05. The van der Waals surface area contributed by atoms with Crippen molar-refractivity contribution in [1.82, 2.24) is 0 Å². The summed E-state index contributed by atoms with van der Waals surface area (Å²) >= 11 is 0. The number of rotatable bonds is 3. The van der Waals surface area contributed by atoms with Crippen LogP contribution in [0.2, 0.25) is 0 Å². The molecular weight excluding hydrogens is 254 g/mol. The first-order valence-corrected chi connectivity index (χ1v) is 8.12. The normalized spacial score (nSPS) is 17.6. The maximum absolute atomic E-state index is 6.20. The Morgan fingerprint density at radius 1 is 0.952 bits per heavy atom. The third-order valence-electron chi connectivity index (χ3n) is 5.14. The maximum Gasteiger partial charge on any atom is 0.00757 e. The molecule has 2 aromatic rings. The van der Waals surface area contributed by atoms with E-state index in [1.54, 1.807) is 0 Å². The number of benzene rings is 2. The van der Waals surface area contributed by atoms with Crippen LogP contribution in [-0.2, 0) is 5.41 Å². The van der Waals surface area contributed by atoms with Crippen LogP contribution in [0.1, 0.15) is 43.2 Å². The molecule has 1 aliphatic rings. The van der Waals surface area contributed by atoms with Crippen LogP contribution in [0.5, 0.6) is 0 Å². The van der Waals surface area contributed by atoms with Crippen molar-refractivity contribution in [1.29, 1.82) is 0 Å². The minimum atomic E-state index is 0.204. The van der Waals surface area contributed by atoms with Crippen LogP contribution in [0.3, 0.4) is 0 Å². The molecule has 0 saturated heterocycles. The molecule has 3 rings (SSSR count). The second-order valence-corrected chi connectivity index (χ2v) is 6.44. The second kappa shape index (κ2) is 6.03. The first kappa shape index (κ1) is 14.3.